The van der Waals surface area contributed by atoms with Crippen LogP contribution in [0.2, 0.25) is 5.02 Å². The van der Waals surface area contributed by atoms with Crippen LogP contribution in [0.5, 0.6) is 0 Å². The number of carbonyl (C=O) groups is 2. The van der Waals surface area contributed by atoms with E-state index in [0.717, 1.165) is 18.9 Å². The molecule has 6 nitrogen and oxygen atoms in total. The van der Waals surface area contributed by atoms with Gasteiger partial charge in [-0.2, -0.15) is 13.2 Å². The third-order valence-electron chi connectivity index (χ3n) is 7.98. The lowest BCUT2D eigenvalue weighted by atomic mass is 9.81. The molecule has 2 amide bonds. The summed E-state index contributed by atoms with van der Waals surface area (Å²) in [6, 6.07) is 10.8. The molecule has 212 valence electrons. The van der Waals surface area contributed by atoms with E-state index in [1.54, 1.807) is 6.07 Å². The van der Waals surface area contributed by atoms with Crippen LogP contribution >= 0.6 is 11.6 Å². The SMILES string of the molecule is CC(Nc1cc(C(F)(F)F)nc2ccc(Cl)cc12)C1CCC(NC(=O)C2(C(=O)Nc3ccc(F)cc3)CC2)CC1. The lowest BCUT2D eigenvalue weighted by molar-refractivity contribution is -0.141. The molecule has 11 heteroatoms. The molecular formula is C29H29ClF4N4O2. The Morgan fingerprint density at radius 1 is 1.00 bits per heavy atom. The third kappa shape index (κ3) is 6.01. The first kappa shape index (κ1) is 28.1. The number of alkyl halides is 3. The lowest BCUT2D eigenvalue weighted by Gasteiger charge is -2.34. The van der Waals surface area contributed by atoms with Gasteiger partial charge in [0, 0.05) is 33.9 Å². The van der Waals surface area contributed by atoms with E-state index in [0.29, 0.717) is 47.5 Å². The van der Waals surface area contributed by atoms with E-state index >= 15 is 0 Å². The Balaban J connectivity index is 1.18. The van der Waals surface area contributed by atoms with Crippen molar-refractivity contribution in [2.24, 2.45) is 11.3 Å². The van der Waals surface area contributed by atoms with Crippen molar-refractivity contribution in [3.05, 3.63) is 65.1 Å². The molecule has 0 aliphatic heterocycles. The Morgan fingerprint density at radius 2 is 1.68 bits per heavy atom. The summed E-state index contributed by atoms with van der Waals surface area (Å²) in [4.78, 5) is 29.6. The number of aromatic nitrogens is 1. The molecule has 2 saturated carbocycles. The van der Waals surface area contributed by atoms with Crippen molar-refractivity contribution in [3.63, 3.8) is 0 Å². The summed E-state index contributed by atoms with van der Waals surface area (Å²) in [5.41, 5.74) is -1.12. The standard InChI is InChI=1S/C29H29ClF4N4O2/c1-16(35-24-15-25(29(32,33)34)38-23-11-4-18(30)14-22(23)24)17-2-7-20(8-3-17)36-26(39)28(12-13-28)27(40)37-21-9-5-19(31)6-10-21/h4-6,9-11,14-17,20H,2-3,7-8,12-13H2,1H3,(H,35,38)(H,36,39)(H,37,40). The normalized spacial score (nSPS) is 20.9. The molecule has 1 aromatic heterocycles. The highest BCUT2D eigenvalue weighted by Gasteiger charge is 2.56. The number of benzene rings is 2. The number of nitrogens with zero attached hydrogens (tertiary/aromatic N) is 1. The number of pyridine rings is 1. The minimum absolute atomic E-state index is 0.0931. The maximum absolute atomic E-state index is 13.5. The van der Waals surface area contributed by atoms with Crippen LogP contribution < -0.4 is 16.0 Å². The van der Waals surface area contributed by atoms with Crippen LogP contribution in [0.3, 0.4) is 0 Å². The highest BCUT2D eigenvalue weighted by atomic mass is 35.5. The maximum Gasteiger partial charge on any atom is 0.433 e. The average Bonchev–Trinajstić information content (AvgIpc) is 3.72. The van der Waals surface area contributed by atoms with Gasteiger partial charge in [-0.05, 0) is 99.9 Å². The number of carbonyl (C=O) groups excluding carboxylic acids is 2. The summed E-state index contributed by atoms with van der Waals surface area (Å²) in [6.45, 7) is 1.94. The van der Waals surface area contributed by atoms with Crippen LogP contribution in [-0.2, 0) is 15.8 Å². The summed E-state index contributed by atoms with van der Waals surface area (Å²) in [6.07, 6.45) is -0.798. The van der Waals surface area contributed by atoms with E-state index in [9.17, 15) is 27.2 Å². The molecule has 3 aromatic rings. The number of rotatable bonds is 7. The number of anilines is 2. The molecule has 1 atom stereocenters. The zero-order chi connectivity index (χ0) is 28.7. The number of nitrogens with one attached hydrogen (secondary N) is 3. The molecule has 0 radical (unpaired) electrons. The van der Waals surface area contributed by atoms with Gasteiger partial charge in [0.2, 0.25) is 11.8 Å². The summed E-state index contributed by atoms with van der Waals surface area (Å²) >= 11 is 6.11. The summed E-state index contributed by atoms with van der Waals surface area (Å²) in [7, 11) is 0. The summed E-state index contributed by atoms with van der Waals surface area (Å²) in [5, 5.41) is 9.92. The first-order chi connectivity index (χ1) is 18.9. The third-order valence-corrected chi connectivity index (χ3v) is 8.21. The fraction of sp³-hybridized carbons (Fsp3) is 0.414. The Labute approximate surface area is 233 Å². The molecule has 1 unspecified atom stereocenters. The zero-order valence-corrected chi connectivity index (χ0v) is 22.5. The van der Waals surface area contributed by atoms with Gasteiger partial charge in [0.25, 0.3) is 0 Å². The van der Waals surface area contributed by atoms with Crippen molar-refractivity contribution in [1.82, 2.24) is 10.3 Å². The molecule has 1 heterocycles. The van der Waals surface area contributed by atoms with Crippen LogP contribution in [0.4, 0.5) is 28.9 Å². The van der Waals surface area contributed by atoms with Crippen molar-refractivity contribution < 1.29 is 27.2 Å². The molecular weight excluding hydrogens is 548 g/mol. The molecule has 2 fully saturated rings. The van der Waals surface area contributed by atoms with Crippen molar-refractivity contribution in [2.75, 3.05) is 10.6 Å². The first-order valence-corrected chi connectivity index (χ1v) is 13.6. The van der Waals surface area contributed by atoms with Gasteiger partial charge in [0.15, 0.2) is 0 Å². The molecule has 2 aliphatic rings. The maximum atomic E-state index is 13.5. The molecule has 2 aromatic carbocycles. The fourth-order valence-corrected chi connectivity index (χ4v) is 5.55. The second kappa shape index (κ2) is 10.9. The Morgan fingerprint density at radius 3 is 2.30 bits per heavy atom. The molecule has 5 rings (SSSR count). The fourth-order valence-electron chi connectivity index (χ4n) is 5.38. The molecule has 0 saturated heterocycles. The summed E-state index contributed by atoms with van der Waals surface area (Å²) < 4.78 is 53.6. The average molecular weight is 577 g/mol. The van der Waals surface area contributed by atoms with Gasteiger partial charge in [0.1, 0.15) is 16.9 Å². The Bertz CT molecular complexity index is 1420. The molecule has 2 aliphatic carbocycles. The smallest absolute Gasteiger partial charge is 0.382 e. The van der Waals surface area contributed by atoms with Crippen LogP contribution in [0.15, 0.2) is 48.5 Å². The molecule has 0 bridgehead atoms. The first-order valence-electron chi connectivity index (χ1n) is 13.3. The minimum Gasteiger partial charge on any atom is -0.382 e. The van der Waals surface area contributed by atoms with Gasteiger partial charge in [-0.3, -0.25) is 9.59 Å². The van der Waals surface area contributed by atoms with E-state index < -0.39 is 29.0 Å². The monoisotopic (exact) mass is 576 g/mol. The van der Waals surface area contributed by atoms with Gasteiger partial charge >= 0.3 is 6.18 Å². The molecule has 0 spiro atoms. The van der Waals surface area contributed by atoms with Crippen LogP contribution in [0, 0.1) is 17.2 Å². The van der Waals surface area contributed by atoms with Crippen molar-refractivity contribution >= 4 is 45.7 Å². The van der Waals surface area contributed by atoms with Crippen LogP contribution in [0.1, 0.15) is 51.1 Å². The van der Waals surface area contributed by atoms with Gasteiger partial charge in [-0.15, -0.1) is 0 Å². The van der Waals surface area contributed by atoms with Crippen LogP contribution in [0.25, 0.3) is 10.9 Å². The van der Waals surface area contributed by atoms with E-state index in [1.165, 1.54) is 36.4 Å². The lowest BCUT2D eigenvalue weighted by Crippen LogP contribution is -2.46. The topological polar surface area (TPSA) is 83.1 Å². The highest BCUT2D eigenvalue weighted by Crippen LogP contribution is 2.47. The van der Waals surface area contributed by atoms with Crippen molar-refractivity contribution in [3.8, 4) is 0 Å². The second-order valence-corrected chi connectivity index (χ2v) is 11.2. The molecule has 40 heavy (non-hydrogen) atoms. The van der Waals surface area contributed by atoms with Crippen molar-refractivity contribution in [1.29, 1.82) is 0 Å². The van der Waals surface area contributed by atoms with E-state index in [4.69, 9.17) is 11.6 Å². The number of fused-ring (bicyclic) bond motifs is 1. The van der Waals surface area contributed by atoms with Crippen LogP contribution in [-0.4, -0.2) is 28.9 Å². The number of amides is 2. The van der Waals surface area contributed by atoms with E-state index in [1.807, 2.05) is 6.92 Å². The van der Waals surface area contributed by atoms with Gasteiger partial charge < -0.3 is 16.0 Å². The Kier molecular flexibility index (Phi) is 7.65. The highest BCUT2D eigenvalue weighted by molar-refractivity contribution is 6.31. The quantitative estimate of drug-likeness (QED) is 0.210. The predicted octanol–water partition coefficient (Wildman–Crippen LogP) is 6.94. The van der Waals surface area contributed by atoms with E-state index in [-0.39, 0.29) is 29.4 Å². The number of halogens is 5. The van der Waals surface area contributed by atoms with Gasteiger partial charge in [-0.25, -0.2) is 9.37 Å². The van der Waals surface area contributed by atoms with E-state index in [2.05, 4.69) is 20.9 Å². The van der Waals surface area contributed by atoms with Gasteiger partial charge in [-0.1, -0.05) is 11.6 Å². The second-order valence-electron chi connectivity index (χ2n) is 10.8. The minimum atomic E-state index is -4.58. The zero-order valence-electron chi connectivity index (χ0n) is 21.7. The predicted molar refractivity (Wildman–Crippen MR) is 145 cm³/mol. The van der Waals surface area contributed by atoms with Gasteiger partial charge in [0.05, 0.1) is 5.52 Å². The summed E-state index contributed by atoms with van der Waals surface area (Å²) in [5.74, 6) is -0.948. The molecule has 3 N–H and O–H groups in total. The van der Waals surface area contributed by atoms with Crippen molar-refractivity contribution in [2.45, 2.75) is 63.7 Å². The number of hydrogen-bond donors (Lipinski definition) is 3. The number of hydrogen-bond acceptors (Lipinski definition) is 4. The Hall–Kier alpha value is -3.40. The largest absolute Gasteiger partial charge is 0.433 e.